The molecule has 0 unspecified atom stereocenters. The summed E-state index contributed by atoms with van der Waals surface area (Å²) in [6.45, 7) is 3.77. The Morgan fingerprint density at radius 3 is 2.48 bits per heavy atom. The van der Waals surface area contributed by atoms with Gasteiger partial charge in [-0.25, -0.2) is 13.1 Å². The zero-order valence-corrected chi connectivity index (χ0v) is 25.3. The molecule has 2 fully saturated rings. The number of carbonyl (C=O) groups is 1. The number of rotatable bonds is 7. The van der Waals surface area contributed by atoms with Crippen LogP contribution in [0.2, 0.25) is 0 Å². The molecule has 42 heavy (non-hydrogen) atoms. The molecule has 1 aromatic heterocycles. The van der Waals surface area contributed by atoms with E-state index in [0.717, 1.165) is 16.8 Å². The topological polar surface area (TPSA) is 84.7 Å². The van der Waals surface area contributed by atoms with E-state index in [4.69, 9.17) is 22.1 Å². The lowest BCUT2D eigenvalue weighted by Crippen LogP contribution is -2.40. The first kappa shape index (κ1) is 28.5. The normalized spacial score (nSPS) is 17.4. The van der Waals surface area contributed by atoms with E-state index in [1.165, 1.54) is 16.1 Å². The fraction of sp³-hybridized carbons (Fsp3) is 0.194. The number of amides is 1. The summed E-state index contributed by atoms with van der Waals surface area (Å²) in [6.07, 6.45) is 3.64. The van der Waals surface area contributed by atoms with Crippen molar-refractivity contribution in [3.05, 3.63) is 107 Å². The summed E-state index contributed by atoms with van der Waals surface area (Å²) in [5, 5.41) is 4.84. The summed E-state index contributed by atoms with van der Waals surface area (Å²) in [4.78, 5) is 15.8. The SMILES string of the molecule is Cc1ccc(CN2C(=O)/C(=C/c3cn(-c4ccccc4)nc3-c3cccc(S(=O)(=O)N4CCOCC4)c3)SC2=S)cc1. The van der Waals surface area contributed by atoms with Crippen molar-refractivity contribution in [1.82, 2.24) is 19.0 Å². The predicted molar refractivity (Wildman–Crippen MR) is 168 cm³/mol. The maximum Gasteiger partial charge on any atom is 0.266 e. The Labute approximate surface area is 254 Å². The summed E-state index contributed by atoms with van der Waals surface area (Å²) < 4.78 is 35.8. The van der Waals surface area contributed by atoms with Crippen LogP contribution in [0, 0.1) is 6.92 Å². The Kier molecular flexibility index (Phi) is 8.11. The second-order valence-electron chi connectivity index (χ2n) is 10.0. The standard InChI is InChI=1S/C31H28N4O4S3/c1-22-10-12-23(13-11-22)20-34-30(36)28(41-31(34)40)19-25-21-35(26-7-3-2-4-8-26)32-29(25)24-6-5-9-27(18-24)42(37,38)33-14-16-39-17-15-33/h2-13,18-19,21H,14-17,20H2,1H3/b28-19-. The van der Waals surface area contributed by atoms with Gasteiger partial charge in [-0.15, -0.1) is 0 Å². The third-order valence-electron chi connectivity index (χ3n) is 7.10. The summed E-state index contributed by atoms with van der Waals surface area (Å²) in [7, 11) is -3.71. The molecule has 0 saturated carbocycles. The highest BCUT2D eigenvalue weighted by molar-refractivity contribution is 8.26. The molecule has 214 valence electrons. The number of thiocarbonyl (C=S) groups is 1. The van der Waals surface area contributed by atoms with Gasteiger partial charge in [0.15, 0.2) is 0 Å². The van der Waals surface area contributed by atoms with Crippen LogP contribution < -0.4 is 0 Å². The van der Waals surface area contributed by atoms with Crippen molar-refractivity contribution in [2.45, 2.75) is 18.4 Å². The van der Waals surface area contributed by atoms with Crippen molar-refractivity contribution in [2.24, 2.45) is 0 Å². The highest BCUT2D eigenvalue weighted by Crippen LogP contribution is 2.36. The van der Waals surface area contributed by atoms with Crippen LogP contribution in [0.3, 0.4) is 0 Å². The Hall–Kier alpha value is -3.61. The van der Waals surface area contributed by atoms with E-state index in [9.17, 15) is 13.2 Å². The van der Waals surface area contributed by atoms with Gasteiger partial charge in [0.05, 0.1) is 35.2 Å². The minimum Gasteiger partial charge on any atom is -0.379 e. The number of benzene rings is 3. The van der Waals surface area contributed by atoms with Crippen LogP contribution in [0.5, 0.6) is 0 Å². The van der Waals surface area contributed by atoms with Crippen LogP contribution in [0.15, 0.2) is 94.9 Å². The van der Waals surface area contributed by atoms with Gasteiger partial charge in [-0.05, 0) is 42.8 Å². The smallest absolute Gasteiger partial charge is 0.266 e. The molecular weight excluding hydrogens is 589 g/mol. The van der Waals surface area contributed by atoms with Gasteiger partial charge in [-0.2, -0.15) is 9.40 Å². The van der Waals surface area contributed by atoms with Crippen molar-refractivity contribution in [3.63, 3.8) is 0 Å². The average Bonchev–Trinajstić information content (AvgIpc) is 3.55. The molecule has 0 bridgehead atoms. The second kappa shape index (κ2) is 11.9. The summed E-state index contributed by atoms with van der Waals surface area (Å²) in [5.41, 5.74) is 4.84. The molecule has 2 aliphatic heterocycles. The first-order valence-corrected chi connectivity index (χ1v) is 16.1. The number of thioether (sulfide) groups is 1. The number of nitrogens with zero attached hydrogens (tertiary/aromatic N) is 4. The molecule has 0 N–H and O–H groups in total. The van der Waals surface area contributed by atoms with Gasteiger partial charge in [0, 0.05) is 30.4 Å². The van der Waals surface area contributed by atoms with E-state index < -0.39 is 10.0 Å². The van der Waals surface area contributed by atoms with E-state index >= 15 is 0 Å². The predicted octanol–water partition coefficient (Wildman–Crippen LogP) is 5.27. The minimum atomic E-state index is -3.71. The monoisotopic (exact) mass is 616 g/mol. The van der Waals surface area contributed by atoms with Gasteiger partial charge < -0.3 is 4.74 Å². The van der Waals surface area contributed by atoms with E-state index in [2.05, 4.69) is 0 Å². The molecule has 2 aliphatic rings. The number of aromatic nitrogens is 2. The van der Waals surface area contributed by atoms with Crippen LogP contribution in [-0.2, 0) is 26.1 Å². The van der Waals surface area contributed by atoms with Gasteiger partial charge in [0.2, 0.25) is 10.0 Å². The maximum atomic E-state index is 13.5. The van der Waals surface area contributed by atoms with Crippen LogP contribution >= 0.6 is 24.0 Å². The van der Waals surface area contributed by atoms with Crippen LogP contribution in [0.1, 0.15) is 16.7 Å². The molecular formula is C31H28N4O4S3. The van der Waals surface area contributed by atoms with Gasteiger partial charge in [0.25, 0.3) is 5.91 Å². The number of morpholine rings is 1. The molecule has 8 nitrogen and oxygen atoms in total. The van der Waals surface area contributed by atoms with Crippen molar-refractivity contribution in [2.75, 3.05) is 26.3 Å². The highest BCUT2D eigenvalue weighted by Gasteiger charge is 2.33. The number of hydrogen-bond donors (Lipinski definition) is 0. The number of para-hydroxylation sites is 1. The molecule has 0 aliphatic carbocycles. The first-order valence-electron chi connectivity index (χ1n) is 13.4. The number of carbonyl (C=O) groups excluding carboxylic acids is 1. The van der Waals surface area contributed by atoms with Gasteiger partial charge in [0.1, 0.15) is 10.0 Å². The molecule has 3 heterocycles. The third-order valence-corrected chi connectivity index (χ3v) is 10.4. The van der Waals surface area contributed by atoms with E-state index in [0.29, 0.717) is 58.9 Å². The number of sulfonamides is 1. The Morgan fingerprint density at radius 2 is 1.74 bits per heavy atom. The third kappa shape index (κ3) is 5.83. The van der Waals surface area contributed by atoms with Crippen LogP contribution in [0.25, 0.3) is 23.0 Å². The summed E-state index contributed by atoms with van der Waals surface area (Å²) in [6, 6.07) is 24.4. The Bertz CT molecular complexity index is 1780. The quantitative estimate of drug-likeness (QED) is 0.207. The lowest BCUT2D eigenvalue weighted by Gasteiger charge is -2.26. The average molecular weight is 617 g/mol. The lowest BCUT2D eigenvalue weighted by atomic mass is 10.1. The molecule has 1 amide bonds. The second-order valence-corrected chi connectivity index (χ2v) is 13.6. The molecule has 4 aromatic rings. The first-order chi connectivity index (χ1) is 20.3. The lowest BCUT2D eigenvalue weighted by molar-refractivity contribution is -0.122. The van der Waals surface area contributed by atoms with Crippen molar-refractivity contribution >= 4 is 50.3 Å². The maximum absolute atomic E-state index is 13.5. The highest BCUT2D eigenvalue weighted by atomic mass is 32.2. The fourth-order valence-corrected chi connectivity index (χ4v) is 7.52. The van der Waals surface area contributed by atoms with Crippen molar-refractivity contribution in [3.8, 4) is 16.9 Å². The van der Waals surface area contributed by atoms with E-state index in [1.54, 1.807) is 33.9 Å². The van der Waals surface area contributed by atoms with Crippen molar-refractivity contribution in [1.29, 1.82) is 0 Å². The molecule has 0 radical (unpaired) electrons. The molecule has 0 spiro atoms. The molecule has 2 saturated heterocycles. The molecule has 3 aromatic carbocycles. The molecule has 0 atom stereocenters. The minimum absolute atomic E-state index is 0.173. The van der Waals surface area contributed by atoms with E-state index in [-0.39, 0.29) is 10.8 Å². The van der Waals surface area contributed by atoms with Crippen LogP contribution in [-0.4, -0.2) is 63.9 Å². The van der Waals surface area contributed by atoms with Gasteiger partial charge >= 0.3 is 0 Å². The summed E-state index contributed by atoms with van der Waals surface area (Å²) in [5.74, 6) is -0.173. The number of ether oxygens (including phenoxy) is 1. The number of aryl methyl sites for hydroxylation is 1. The Morgan fingerprint density at radius 1 is 1.00 bits per heavy atom. The fourth-order valence-electron chi connectivity index (χ4n) is 4.82. The van der Waals surface area contributed by atoms with Gasteiger partial charge in [-0.1, -0.05) is 84.1 Å². The molecule has 6 rings (SSSR count). The Balaban J connectivity index is 1.38. The zero-order valence-electron chi connectivity index (χ0n) is 22.8. The molecule has 11 heteroatoms. The summed E-state index contributed by atoms with van der Waals surface area (Å²) >= 11 is 6.84. The zero-order chi connectivity index (χ0) is 29.3. The van der Waals surface area contributed by atoms with E-state index in [1.807, 2.05) is 73.8 Å². The number of hydrogen-bond acceptors (Lipinski definition) is 7. The van der Waals surface area contributed by atoms with Gasteiger partial charge in [-0.3, -0.25) is 9.69 Å². The van der Waals surface area contributed by atoms with Crippen LogP contribution in [0.4, 0.5) is 0 Å². The largest absolute Gasteiger partial charge is 0.379 e. The van der Waals surface area contributed by atoms with Crippen molar-refractivity contribution < 1.29 is 17.9 Å².